The quantitative estimate of drug-likeness (QED) is 0.516. The van der Waals surface area contributed by atoms with E-state index in [-0.39, 0.29) is 11.1 Å². The first-order valence-corrected chi connectivity index (χ1v) is 4.12. The van der Waals surface area contributed by atoms with Gasteiger partial charge in [0, 0.05) is 12.4 Å². The zero-order valence-electron chi connectivity index (χ0n) is 7.36. The highest BCUT2D eigenvalue weighted by atomic mass is 15.0. The summed E-state index contributed by atoms with van der Waals surface area (Å²) in [5, 5.41) is 0. The number of hydrogen-bond acceptors (Lipinski definition) is 2. The molecule has 62 valence electrons. The standard InChI is InChI=1S/C10H12N2/c1-9-5-3-4-6-10(9,2)12-8-7-11-9/h3-8H,1-2H3/t9-,10+. The molecule has 2 rings (SSSR count). The molecule has 1 aliphatic heterocycles. The minimum Gasteiger partial charge on any atom is -0.278 e. The molecule has 2 heteroatoms. The molecular weight excluding hydrogens is 148 g/mol. The summed E-state index contributed by atoms with van der Waals surface area (Å²) < 4.78 is 0. The number of hydrogen-bond donors (Lipinski definition) is 0. The van der Waals surface area contributed by atoms with Crippen molar-refractivity contribution in [1.29, 1.82) is 0 Å². The fourth-order valence-electron chi connectivity index (χ4n) is 1.55. The second kappa shape index (κ2) is 2.16. The Morgan fingerprint density at radius 1 is 0.833 bits per heavy atom. The molecule has 2 atom stereocenters. The number of fused-ring (bicyclic) bond motifs is 1. The molecular formula is C10H12N2. The summed E-state index contributed by atoms with van der Waals surface area (Å²) in [6, 6.07) is 0. The number of aliphatic imine (C=N–C) groups is 2. The molecule has 0 aromatic heterocycles. The highest BCUT2D eigenvalue weighted by Gasteiger charge is 2.42. The van der Waals surface area contributed by atoms with E-state index in [1.165, 1.54) is 0 Å². The maximum absolute atomic E-state index is 4.44. The molecule has 0 radical (unpaired) electrons. The van der Waals surface area contributed by atoms with Crippen LogP contribution in [-0.4, -0.2) is 23.5 Å². The summed E-state index contributed by atoms with van der Waals surface area (Å²) in [5.74, 6) is 0. The molecule has 12 heavy (non-hydrogen) atoms. The highest BCUT2D eigenvalue weighted by molar-refractivity contribution is 6.17. The van der Waals surface area contributed by atoms with Crippen molar-refractivity contribution in [1.82, 2.24) is 0 Å². The molecule has 0 saturated carbocycles. The Balaban J connectivity index is 2.52. The molecule has 0 spiro atoms. The molecule has 0 unspecified atom stereocenters. The highest BCUT2D eigenvalue weighted by Crippen LogP contribution is 2.36. The monoisotopic (exact) mass is 160 g/mol. The number of rotatable bonds is 0. The Hall–Kier alpha value is -1.18. The topological polar surface area (TPSA) is 24.7 Å². The molecule has 1 aliphatic carbocycles. The van der Waals surface area contributed by atoms with Gasteiger partial charge in [0.15, 0.2) is 0 Å². The van der Waals surface area contributed by atoms with Crippen molar-refractivity contribution in [2.75, 3.05) is 0 Å². The van der Waals surface area contributed by atoms with E-state index in [0.29, 0.717) is 0 Å². The van der Waals surface area contributed by atoms with E-state index >= 15 is 0 Å². The maximum atomic E-state index is 4.44. The second-order valence-corrected chi connectivity index (χ2v) is 3.57. The molecule has 2 aliphatic rings. The van der Waals surface area contributed by atoms with Crippen LogP contribution in [0.5, 0.6) is 0 Å². The van der Waals surface area contributed by atoms with Gasteiger partial charge < -0.3 is 0 Å². The first-order valence-electron chi connectivity index (χ1n) is 4.12. The molecule has 0 aromatic carbocycles. The van der Waals surface area contributed by atoms with Crippen LogP contribution < -0.4 is 0 Å². The van der Waals surface area contributed by atoms with Crippen molar-refractivity contribution in [2.45, 2.75) is 24.9 Å². The van der Waals surface area contributed by atoms with E-state index in [1.807, 2.05) is 12.2 Å². The summed E-state index contributed by atoms with van der Waals surface area (Å²) in [7, 11) is 0. The van der Waals surface area contributed by atoms with Crippen molar-refractivity contribution >= 4 is 12.4 Å². The smallest absolute Gasteiger partial charge is 0.105 e. The molecule has 0 fully saturated rings. The van der Waals surface area contributed by atoms with Crippen molar-refractivity contribution in [2.24, 2.45) is 9.98 Å². The van der Waals surface area contributed by atoms with E-state index in [9.17, 15) is 0 Å². The lowest BCUT2D eigenvalue weighted by molar-refractivity contribution is 0.388. The van der Waals surface area contributed by atoms with Gasteiger partial charge >= 0.3 is 0 Å². The van der Waals surface area contributed by atoms with Crippen LogP contribution in [0.3, 0.4) is 0 Å². The molecule has 0 amide bonds. The minimum absolute atomic E-state index is 0.184. The van der Waals surface area contributed by atoms with Crippen LogP contribution in [-0.2, 0) is 0 Å². The van der Waals surface area contributed by atoms with Crippen LogP contribution in [0.1, 0.15) is 13.8 Å². The van der Waals surface area contributed by atoms with Crippen LogP contribution in [0, 0.1) is 0 Å². The zero-order chi connectivity index (χ0) is 8.66. The Morgan fingerprint density at radius 2 is 1.25 bits per heavy atom. The Morgan fingerprint density at radius 3 is 1.67 bits per heavy atom. The first-order chi connectivity index (χ1) is 5.66. The molecule has 1 heterocycles. The van der Waals surface area contributed by atoms with Gasteiger partial charge in [-0.3, -0.25) is 9.98 Å². The number of allylic oxidation sites excluding steroid dienone is 2. The average Bonchev–Trinajstić information content (AvgIpc) is 2.05. The van der Waals surface area contributed by atoms with Crippen LogP contribution in [0.25, 0.3) is 0 Å². The third kappa shape index (κ3) is 0.809. The SMILES string of the molecule is C[C@@]12C=CC=C[C@]1(C)N=CC=N2. The minimum atomic E-state index is -0.184. The molecule has 2 nitrogen and oxygen atoms in total. The summed E-state index contributed by atoms with van der Waals surface area (Å²) in [6.45, 7) is 4.19. The van der Waals surface area contributed by atoms with E-state index in [0.717, 1.165) is 0 Å². The summed E-state index contributed by atoms with van der Waals surface area (Å²) in [4.78, 5) is 8.89. The lowest BCUT2D eigenvalue weighted by Crippen LogP contribution is -2.47. The lowest BCUT2D eigenvalue weighted by atomic mass is 9.77. The fraction of sp³-hybridized carbons (Fsp3) is 0.400. The van der Waals surface area contributed by atoms with Crippen molar-refractivity contribution in [3.8, 4) is 0 Å². The van der Waals surface area contributed by atoms with Gasteiger partial charge in [0.2, 0.25) is 0 Å². The molecule has 0 saturated heterocycles. The second-order valence-electron chi connectivity index (χ2n) is 3.57. The van der Waals surface area contributed by atoms with Crippen LogP contribution in [0.4, 0.5) is 0 Å². The van der Waals surface area contributed by atoms with Gasteiger partial charge in [-0.25, -0.2) is 0 Å². The largest absolute Gasteiger partial charge is 0.278 e. The predicted octanol–water partition coefficient (Wildman–Crippen LogP) is 1.79. The summed E-state index contributed by atoms with van der Waals surface area (Å²) >= 11 is 0. The van der Waals surface area contributed by atoms with Crippen molar-refractivity contribution in [3.05, 3.63) is 24.3 Å². The third-order valence-corrected chi connectivity index (χ3v) is 2.73. The maximum Gasteiger partial charge on any atom is 0.105 e. The third-order valence-electron chi connectivity index (χ3n) is 2.73. The van der Waals surface area contributed by atoms with Crippen LogP contribution >= 0.6 is 0 Å². The van der Waals surface area contributed by atoms with E-state index in [4.69, 9.17) is 0 Å². The average molecular weight is 160 g/mol. The summed E-state index contributed by atoms with van der Waals surface area (Å²) in [5.41, 5.74) is -0.368. The van der Waals surface area contributed by atoms with Crippen molar-refractivity contribution < 1.29 is 0 Å². The van der Waals surface area contributed by atoms with E-state index in [1.54, 1.807) is 12.4 Å². The van der Waals surface area contributed by atoms with Gasteiger partial charge in [0.1, 0.15) is 11.1 Å². The van der Waals surface area contributed by atoms with Gasteiger partial charge in [0.25, 0.3) is 0 Å². The Labute approximate surface area is 72.4 Å². The molecule has 0 N–H and O–H groups in total. The first kappa shape index (κ1) is 7.47. The van der Waals surface area contributed by atoms with Crippen LogP contribution in [0.2, 0.25) is 0 Å². The van der Waals surface area contributed by atoms with Crippen LogP contribution in [0.15, 0.2) is 34.3 Å². The van der Waals surface area contributed by atoms with Gasteiger partial charge in [0.05, 0.1) is 0 Å². The lowest BCUT2D eigenvalue weighted by Gasteiger charge is -2.39. The Bertz CT molecular complexity index is 252. The van der Waals surface area contributed by atoms with Gasteiger partial charge in [-0.1, -0.05) is 24.3 Å². The fourth-order valence-corrected chi connectivity index (χ4v) is 1.55. The summed E-state index contributed by atoms with van der Waals surface area (Å²) in [6.07, 6.45) is 11.8. The van der Waals surface area contributed by atoms with Gasteiger partial charge in [-0.15, -0.1) is 0 Å². The van der Waals surface area contributed by atoms with E-state index < -0.39 is 0 Å². The molecule has 0 aromatic rings. The number of nitrogens with zero attached hydrogens (tertiary/aromatic N) is 2. The Kier molecular flexibility index (Phi) is 1.34. The van der Waals surface area contributed by atoms with Crippen molar-refractivity contribution in [3.63, 3.8) is 0 Å². The normalized spacial score (nSPS) is 43.2. The predicted molar refractivity (Wildman–Crippen MR) is 52.1 cm³/mol. The zero-order valence-corrected chi connectivity index (χ0v) is 7.36. The van der Waals surface area contributed by atoms with Gasteiger partial charge in [-0.05, 0) is 13.8 Å². The van der Waals surface area contributed by atoms with Gasteiger partial charge in [-0.2, -0.15) is 0 Å². The molecule has 0 bridgehead atoms. The van der Waals surface area contributed by atoms with E-state index in [2.05, 4.69) is 36.0 Å².